The Morgan fingerprint density at radius 2 is 0.783 bits per heavy atom. The number of hydrogen-bond acceptors (Lipinski definition) is 5. The quantitative estimate of drug-likeness (QED) is 0.0347. The molecule has 0 heterocycles. The molecule has 0 aliphatic carbocycles. The Balaban J connectivity index is 4.32. The van der Waals surface area contributed by atoms with Crippen molar-refractivity contribution >= 4 is 11.9 Å². The highest BCUT2D eigenvalue weighted by Gasteiger charge is 2.17. The van der Waals surface area contributed by atoms with Gasteiger partial charge in [0.1, 0.15) is 6.61 Å². The highest BCUT2D eigenvalue weighted by atomic mass is 16.6. The molecule has 344 valence electrons. The molecule has 1 unspecified atom stereocenters. The van der Waals surface area contributed by atoms with Crippen molar-refractivity contribution in [3.8, 4) is 0 Å². The van der Waals surface area contributed by atoms with Crippen LogP contribution < -0.4 is 0 Å². The van der Waals surface area contributed by atoms with Crippen LogP contribution in [0.2, 0.25) is 0 Å². The zero-order chi connectivity index (χ0) is 43.5. The maximum atomic E-state index is 12.8. The van der Waals surface area contributed by atoms with Crippen molar-refractivity contribution in [3.63, 3.8) is 0 Å². The lowest BCUT2D eigenvalue weighted by atomic mass is 10.1. The molecule has 5 heteroatoms. The fourth-order valence-corrected chi connectivity index (χ4v) is 6.69. The van der Waals surface area contributed by atoms with Crippen LogP contribution >= 0.6 is 0 Å². The largest absolute Gasteiger partial charge is 0.462 e. The number of carbonyl (C=O) groups excluding carboxylic acids is 2. The zero-order valence-corrected chi connectivity index (χ0v) is 39.5. The molecule has 0 fully saturated rings. The molecule has 1 atom stereocenters. The van der Waals surface area contributed by atoms with Crippen LogP contribution in [0, 0.1) is 0 Å². The van der Waals surface area contributed by atoms with Crippen LogP contribution in [-0.2, 0) is 23.8 Å². The van der Waals surface area contributed by atoms with Crippen LogP contribution in [0.5, 0.6) is 0 Å². The lowest BCUT2D eigenvalue weighted by Gasteiger charge is -2.18. The summed E-state index contributed by atoms with van der Waals surface area (Å²) < 4.78 is 17.3. The number of unbranched alkanes of at least 4 members (excludes halogenated alkanes) is 20. The highest BCUT2D eigenvalue weighted by Crippen LogP contribution is 2.14. The first-order valence-electron chi connectivity index (χ1n) is 25.1. The van der Waals surface area contributed by atoms with Crippen LogP contribution in [-0.4, -0.2) is 37.9 Å². The summed E-state index contributed by atoms with van der Waals surface area (Å²) >= 11 is 0. The third-order valence-corrected chi connectivity index (χ3v) is 10.4. The first kappa shape index (κ1) is 57.1. The van der Waals surface area contributed by atoms with E-state index in [1.165, 1.54) is 103 Å². The summed E-state index contributed by atoms with van der Waals surface area (Å²) in [5, 5.41) is 0. The van der Waals surface area contributed by atoms with Gasteiger partial charge in [-0.2, -0.15) is 0 Å². The van der Waals surface area contributed by atoms with E-state index in [9.17, 15) is 9.59 Å². The Hall–Kier alpha value is -2.92. The van der Waals surface area contributed by atoms with Crippen LogP contribution in [0.4, 0.5) is 0 Å². The van der Waals surface area contributed by atoms with Gasteiger partial charge in [0.05, 0.1) is 6.61 Å². The van der Waals surface area contributed by atoms with Crippen LogP contribution in [0.1, 0.15) is 226 Å². The average molecular weight is 835 g/mol. The molecule has 0 radical (unpaired) electrons. The SMILES string of the molecule is CC/C=C\C/C=C\C/C=C\C/C=C\C/C=C\CCCCCC(=O)OCC(COCCCCCCCC/C=C\C/C=C\CCC)OC(=O)CCCCCCCCCCCCC. The molecular formula is C55H94O5. The minimum atomic E-state index is -0.556. The molecular weight excluding hydrogens is 741 g/mol. The van der Waals surface area contributed by atoms with Crippen molar-refractivity contribution in [3.05, 3.63) is 85.1 Å². The van der Waals surface area contributed by atoms with Crippen molar-refractivity contribution in [2.75, 3.05) is 19.8 Å². The van der Waals surface area contributed by atoms with Crippen molar-refractivity contribution in [2.24, 2.45) is 0 Å². The van der Waals surface area contributed by atoms with Crippen molar-refractivity contribution < 1.29 is 23.8 Å². The van der Waals surface area contributed by atoms with Gasteiger partial charge in [-0.1, -0.05) is 209 Å². The van der Waals surface area contributed by atoms with Gasteiger partial charge < -0.3 is 14.2 Å². The molecule has 0 amide bonds. The fraction of sp³-hybridized carbons (Fsp3) is 0.709. The molecule has 0 aromatic carbocycles. The molecule has 0 spiro atoms. The normalized spacial score (nSPS) is 12.9. The van der Waals surface area contributed by atoms with Gasteiger partial charge in [0.25, 0.3) is 0 Å². The van der Waals surface area contributed by atoms with Crippen LogP contribution in [0.25, 0.3) is 0 Å². The Labute approximate surface area is 371 Å². The fourth-order valence-electron chi connectivity index (χ4n) is 6.69. The van der Waals surface area contributed by atoms with E-state index in [0.717, 1.165) is 89.9 Å². The average Bonchev–Trinajstić information content (AvgIpc) is 3.25. The van der Waals surface area contributed by atoms with Gasteiger partial charge in [-0.25, -0.2) is 0 Å². The van der Waals surface area contributed by atoms with Gasteiger partial charge in [-0.3, -0.25) is 9.59 Å². The number of allylic oxidation sites excluding steroid dienone is 14. The van der Waals surface area contributed by atoms with Crippen molar-refractivity contribution in [1.29, 1.82) is 0 Å². The Morgan fingerprint density at radius 3 is 1.28 bits per heavy atom. The van der Waals surface area contributed by atoms with E-state index in [4.69, 9.17) is 14.2 Å². The van der Waals surface area contributed by atoms with Gasteiger partial charge in [0, 0.05) is 19.4 Å². The molecule has 0 saturated carbocycles. The lowest BCUT2D eigenvalue weighted by molar-refractivity contribution is -0.163. The molecule has 0 aromatic heterocycles. The number of rotatable bonds is 45. The highest BCUT2D eigenvalue weighted by molar-refractivity contribution is 5.70. The summed E-state index contributed by atoms with van der Waals surface area (Å²) in [4.78, 5) is 25.3. The summed E-state index contributed by atoms with van der Waals surface area (Å²) in [7, 11) is 0. The van der Waals surface area contributed by atoms with Crippen LogP contribution in [0.3, 0.4) is 0 Å². The third kappa shape index (κ3) is 47.8. The Bertz CT molecular complexity index is 1130. The number of ether oxygens (including phenoxy) is 3. The summed E-state index contributed by atoms with van der Waals surface area (Å²) in [6.07, 6.45) is 65.8. The maximum Gasteiger partial charge on any atom is 0.306 e. The molecule has 0 rings (SSSR count). The molecule has 0 aromatic rings. The number of esters is 2. The third-order valence-electron chi connectivity index (χ3n) is 10.4. The summed E-state index contributed by atoms with van der Waals surface area (Å²) in [6.45, 7) is 7.59. The van der Waals surface area contributed by atoms with Gasteiger partial charge in [0.15, 0.2) is 6.10 Å². The van der Waals surface area contributed by atoms with E-state index < -0.39 is 6.10 Å². The molecule has 60 heavy (non-hydrogen) atoms. The van der Waals surface area contributed by atoms with Crippen molar-refractivity contribution in [2.45, 2.75) is 232 Å². The first-order valence-corrected chi connectivity index (χ1v) is 25.1. The predicted octanol–water partition coefficient (Wildman–Crippen LogP) is 16.9. The smallest absolute Gasteiger partial charge is 0.306 e. The molecule has 0 saturated heterocycles. The number of carbonyl (C=O) groups is 2. The maximum absolute atomic E-state index is 12.8. The molecule has 0 bridgehead atoms. The minimum absolute atomic E-state index is 0.0618. The second kappa shape index (κ2) is 50.4. The minimum Gasteiger partial charge on any atom is -0.462 e. The monoisotopic (exact) mass is 835 g/mol. The second-order valence-corrected chi connectivity index (χ2v) is 16.3. The topological polar surface area (TPSA) is 61.8 Å². The van der Waals surface area contributed by atoms with E-state index in [0.29, 0.717) is 19.4 Å². The molecule has 5 nitrogen and oxygen atoms in total. The summed E-state index contributed by atoms with van der Waals surface area (Å²) in [5.41, 5.74) is 0. The number of hydrogen-bond donors (Lipinski definition) is 0. The molecule has 0 aliphatic rings. The van der Waals surface area contributed by atoms with Gasteiger partial charge in [0.2, 0.25) is 0 Å². The van der Waals surface area contributed by atoms with Gasteiger partial charge in [-0.15, -0.1) is 0 Å². The lowest BCUT2D eigenvalue weighted by Crippen LogP contribution is -2.30. The van der Waals surface area contributed by atoms with Gasteiger partial charge >= 0.3 is 11.9 Å². The molecule has 0 N–H and O–H groups in total. The zero-order valence-electron chi connectivity index (χ0n) is 39.5. The predicted molar refractivity (Wildman–Crippen MR) is 260 cm³/mol. The summed E-state index contributed by atoms with van der Waals surface area (Å²) in [5.74, 6) is -0.441. The van der Waals surface area contributed by atoms with E-state index in [-0.39, 0.29) is 25.2 Å². The summed E-state index contributed by atoms with van der Waals surface area (Å²) in [6, 6.07) is 0. The van der Waals surface area contributed by atoms with Gasteiger partial charge in [-0.05, 0) is 89.9 Å². The second-order valence-electron chi connectivity index (χ2n) is 16.3. The van der Waals surface area contributed by atoms with E-state index in [1.54, 1.807) is 0 Å². The van der Waals surface area contributed by atoms with E-state index in [2.05, 4.69) is 106 Å². The van der Waals surface area contributed by atoms with E-state index in [1.807, 2.05) is 0 Å². The molecule has 0 aliphatic heterocycles. The standard InChI is InChI=1S/C55H94O5/c1-4-7-10-13-16-19-22-24-26-27-28-29-30-31-34-36-39-42-45-48-54(56)59-52-53(60-55(57)49-46-43-40-37-33-21-18-15-12-9-6-3)51-58-50-47-44-41-38-35-32-25-23-20-17-14-11-8-5-2/h7,10-11,14,16,19-20,23-24,26,28-29,31,34,53H,4-6,8-9,12-13,15,17-18,21-22,25,27,30,32-33,35-52H2,1-3H3/b10-7-,14-11-,19-16-,23-20-,26-24-,29-28-,34-31-. The van der Waals surface area contributed by atoms with Crippen LogP contribution in [0.15, 0.2) is 85.1 Å². The first-order chi connectivity index (χ1) is 29.6. The van der Waals surface area contributed by atoms with E-state index >= 15 is 0 Å². The van der Waals surface area contributed by atoms with Crippen molar-refractivity contribution in [1.82, 2.24) is 0 Å². The Kier molecular flexibility index (Phi) is 48.0. The Morgan fingerprint density at radius 1 is 0.383 bits per heavy atom.